The molecule has 0 unspecified atom stereocenters. The second-order valence-electron chi connectivity index (χ2n) is 2.95. The van der Waals surface area contributed by atoms with Gasteiger partial charge in [-0.25, -0.2) is 4.79 Å². The second-order valence-corrected chi connectivity index (χ2v) is 2.95. The number of nitrogens with one attached hydrogen (secondary N) is 1. The van der Waals surface area contributed by atoms with Crippen LogP contribution in [0.3, 0.4) is 0 Å². The average molecular weight is 227 g/mol. The molecule has 0 rings (SSSR count). The fraction of sp³-hybridized carbons (Fsp3) is 0.700. The Hall–Kier alpha value is -1.77. The first-order valence-electron chi connectivity index (χ1n) is 5.21. The van der Waals surface area contributed by atoms with Crippen molar-refractivity contribution in [3.63, 3.8) is 0 Å². The standard InChI is InChI=1S/C10H17N3O3/c1-3-13(7-5-6-11)10(15)12-8-9(14)16-4-2/h3-5,7-8H2,1-2H3,(H,12,15). The van der Waals surface area contributed by atoms with E-state index in [1.165, 1.54) is 4.90 Å². The monoisotopic (exact) mass is 227 g/mol. The first kappa shape index (κ1) is 14.2. The lowest BCUT2D eigenvalue weighted by Gasteiger charge is -2.19. The van der Waals surface area contributed by atoms with Crippen LogP contribution in [0.1, 0.15) is 20.3 Å². The van der Waals surface area contributed by atoms with Crippen molar-refractivity contribution in [1.82, 2.24) is 10.2 Å². The summed E-state index contributed by atoms with van der Waals surface area (Å²) >= 11 is 0. The van der Waals surface area contributed by atoms with Crippen LogP contribution in [0.4, 0.5) is 4.79 Å². The molecule has 0 radical (unpaired) electrons. The Morgan fingerprint density at radius 2 is 2.12 bits per heavy atom. The van der Waals surface area contributed by atoms with E-state index in [1.807, 2.05) is 6.07 Å². The topological polar surface area (TPSA) is 82.4 Å². The van der Waals surface area contributed by atoms with E-state index in [-0.39, 0.29) is 19.0 Å². The van der Waals surface area contributed by atoms with E-state index in [1.54, 1.807) is 13.8 Å². The lowest BCUT2D eigenvalue weighted by atomic mass is 10.4. The van der Waals surface area contributed by atoms with E-state index >= 15 is 0 Å². The number of hydrogen-bond acceptors (Lipinski definition) is 4. The van der Waals surface area contributed by atoms with E-state index in [0.717, 1.165) is 0 Å². The minimum atomic E-state index is -0.466. The Labute approximate surface area is 95.2 Å². The van der Waals surface area contributed by atoms with E-state index in [4.69, 9.17) is 5.26 Å². The van der Waals surface area contributed by atoms with Gasteiger partial charge in [-0.2, -0.15) is 5.26 Å². The molecule has 0 spiro atoms. The number of carbonyl (C=O) groups excluding carboxylic acids is 2. The molecule has 0 aliphatic rings. The summed E-state index contributed by atoms with van der Waals surface area (Å²) in [6.45, 7) is 4.51. The number of esters is 1. The van der Waals surface area contributed by atoms with Crippen LogP contribution in [0.15, 0.2) is 0 Å². The van der Waals surface area contributed by atoms with Gasteiger partial charge in [-0.05, 0) is 13.8 Å². The van der Waals surface area contributed by atoms with Crippen LogP contribution in [0.2, 0.25) is 0 Å². The fourth-order valence-corrected chi connectivity index (χ4v) is 1.06. The summed E-state index contributed by atoms with van der Waals surface area (Å²) in [6.07, 6.45) is 0.278. The lowest BCUT2D eigenvalue weighted by Crippen LogP contribution is -2.42. The summed E-state index contributed by atoms with van der Waals surface area (Å²) < 4.78 is 4.66. The number of rotatable bonds is 6. The van der Waals surface area contributed by atoms with Crippen LogP contribution in [0.5, 0.6) is 0 Å². The molecule has 0 fully saturated rings. The minimum Gasteiger partial charge on any atom is -0.465 e. The Bertz CT molecular complexity index is 273. The van der Waals surface area contributed by atoms with Gasteiger partial charge in [0.2, 0.25) is 0 Å². The van der Waals surface area contributed by atoms with Crippen LogP contribution in [0.25, 0.3) is 0 Å². The highest BCUT2D eigenvalue weighted by molar-refractivity contribution is 5.80. The van der Waals surface area contributed by atoms with Crippen LogP contribution in [0, 0.1) is 11.3 Å². The summed E-state index contributed by atoms with van der Waals surface area (Å²) in [6, 6.07) is 1.60. The molecule has 0 aromatic carbocycles. The third-order valence-electron chi connectivity index (χ3n) is 1.85. The predicted octanol–water partition coefficient (Wildman–Crippen LogP) is 0.495. The smallest absolute Gasteiger partial charge is 0.325 e. The summed E-state index contributed by atoms with van der Waals surface area (Å²) in [7, 11) is 0. The van der Waals surface area contributed by atoms with Crippen molar-refractivity contribution in [2.75, 3.05) is 26.2 Å². The van der Waals surface area contributed by atoms with Gasteiger partial charge in [-0.3, -0.25) is 4.79 Å². The molecule has 0 aromatic heterocycles. The number of urea groups is 1. The molecule has 0 saturated carbocycles. The molecule has 2 amide bonds. The van der Waals surface area contributed by atoms with Gasteiger partial charge in [-0.1, -0.05) is 0 Å². The maximum absolute atomic E-state index is 11.5. The highest BCUT2D eigenvalue weighted by atomic mass is 16.5. The largest absolute Gasteiger partial charge is 0.465 e. The van der Waals surface area contributed by atoms with Crippen molar-refractivity contribution >= 4 is 12.0 Å². The molecule has 90 valence electrons. The van der Waals surface area contributed by atoms with E-state index in [9.17, 15) is 9.59 Å². The Balaban J connectivity index is 3.93. The third kappa shape index (κ3) is 5.86. The molecule has 0 aliphatic carbocycles. The van der Waals surface area contributed by atoms with Gasteiger partial charge in [0.05, 0.1) is 19.1 Å². The van der Waals surface area contributed by atoms with Gasteiger partial charge in [0.1, 0.15) is 6.54 Å². The summed E-state index contributed by atoms with van der Waals surface area (Å²) in [5.41, 5.74) is 0. The van der Waals surface area contributed by atoms with Crippen molar-refractivity contribution < 1.29 is 14.3 Å². The zero-order chi connectivity index (χ0) is 12.4. The summed E-state index contributed by atoms with van der Waals surface area (Å²) in [4.78, 5) is 23.9. The van der Waals surface area contributed by atoms with Crippen molar-refractivity contribution in [2.24, 2.45) is 0 Å². The Morgan fingerprint density at radius 1 is 1.44 bits per heavy atom. The van der Waals surface area contributed by atoms with Gasteiger partial charge in [0.15, 0.2) is 0 Å². The second kappa shape index (κ2) is 8.53. The Morgan fingerprint density at radius 3 is 2.62 bits per heavy atom. The Kier molecular flexibility index (Phi) is 7.59. The number of nitriles is 1. The maximum atomic E-state index is 11.5. The molecule has 0 aromatic rings. The van der Waals surface area contributed by atoms with E-state index in [2.05, 4.69) is 10.1 Å². The first-order valence-corrected chi connectivity index (χ1v) is 5.21. The summed E-state index contributed by atoms with van der Waals surface area (Å²) in [5, 5.41) is 10.8. The molecule has 16 heavy (non-hydrogen) atoms. The first-order chi connectivity index (χ1) is 7.65. The fourth-order valence-electron chi connectivity index (χ4n) is 1.06. The maximum Gasteiger partial charge on any atom is 0.325 e. The van der Waals surface area contributed by atoms with E-state index < -0.39 is 5.97 Å². The number of hydrogen-bond donors (Lipinski definition) is 1. The normalized spacial score (nSPS) is 9.06. The lowest BCUT2D eigenvalue weighted by molar-refractivity contribution is -0.141. The van der Waals surface area contributed by atoms with Crippen molar-refractivity contribution in [3.05, 3.63) is 0 Å². The van der Waals surface area contributed by atoms with Gasteiger partial charge in [0, 0.05) is 13.1 Å². The quantitative estimate of drug-likeness (QED) is 0.669. The van der Waals surface area contributed by atoms with Crippen molar-refractivity contribution in [2.45, 2.75) is 20.3 Å². The molecule has 0 saturated heterocycles. The number of carbonyl (C=O) groups is 2. The third-order valence-corrected chi connectivity index (χ3v) is 1.85. The SMILES string of the molecule is CCOC(=O)CNC(=O)N(CC)CCC#N. The van der Waals surface area contributed by atoms with E-state index in [0.29, 0.717) is 19.7 Å². The number of amides is 2. The van der Waals surface area contributed by atoms with Gasteiger partial charge >= 0.3 is 12.0 Å². The zero-order valence-electron chi connectivity index (χ0n) is 9.65. The number of ether oxygens (including phenoxy) is 1. The average Bonchev–Trinajstić information content (AvgIpc) is 2.28. The molecule has 0 bridgehead atoms. The van der Waals surface area contributed by atoms with Gasteiger partial charge < -0.3 is 15.0 Å². The van der Waals surface area contributed by atoms with Gasteiger partial charge in [0.25, 0.3) is 0 Å². The van der Waals surface area contributed by atoms with Crippen LogP contribution in [-0.4, -0.2) is 43.1 Å². The van der Waals surface area contributed by atoms with Crippen LogP contribution >= 0.6 is 0 Å². The highest BCUT2D eigenvalue weighted by Crippen LogP contribution is 1.91. The molecule has 6 nitrogen and oxygen atoms in total. The molecular formula is C10H17N3O3. The zero-order valence-corrected chi connectivity index (χ0v) is 9.65. The van der Waals surface area contributed by atoms with Crippen molar-refractivity contribution in [1.29, 1.82) is 5.26 Å². The van der Waals surface area contributed by atoms with Crippen molar-refractivity contribution in [3.8, 4) is 6.07 Å². The molecule has 0 atom stereocenters. The van der Waals surface area contributed by atoms with Crippen LogP contribution < -0.4 is 5.32 Å². The molecule has 1 N–H and O–H groups in total. The van der Waals surface area contributed by atoms with Crippen LogP contribution in [-0.2, 0) is 9.53 Å². The number of nitrogens with zero attached hydrogens (tertiary/aromatic N) is 2. The highest BCUT2D eigenvalue weighted by Gasteiger charge is 2.12. The summed E-state index contributed by atoms with van der Waals surface area (Å²) in [5.74, 6) is -0.466. The van der Waals surface area contributed by atoms with Gasteiger partial charge in [-0.15, -0.1) is 0 Å². The predicted molar refractivity (Wildman–Crippen MR) is 57.5 cm³/mol. The molecule has 0 heterocycles. The molecule has 6 heteroatoms. The molecule has 0 aliphatic heterocycles. The minimum absolute atomic E-state index is 0.143. The molecular weight excluding hydrogens is 210 g/mol.